The van der Waals surface area contributed by atoms with Crippen LogP contribution in [0.5, 0.6) is 0 Å². The summed E-state index contributed by atoms with van der Waals surface area (Å²) in [6, 6.07) is 31.0. The van der Waals surface area contributed by atoms with Crippen LogP contribution in [0.2, 0.25) is 0 Å². The molecule has 57 heavy (non-hydrogen) atoms. The van der Waals surface area contributed by atoms with Crippen molar-refractivity contribution in [2.75, 3.05) is 32.7 Å². The number of carbonyl (C=O) groups is 3. The fourth-order valence-corrected chi connectivity index (χ4v) is 7.73. The predicted octanol–water partition coefficient (Wildman–Crippen LogP) is 9.00. The Kier molecular flexibility index (Phi) is 16.7. The molecule has 11 heteroatoms. The van der Waals surface area contributed by atoms with Crippen molar-refractivity contribution in [3.05, 3.63) is 126 Å². The molecule has 3 heterocycles. The monoisotopic (exact) mass is 784 g/mol. The first-order valence-corrected chi connectivity index (χ1v) is 20.2. The number of piperidine rings is 2. The van der Waals surface area contributed by atoms with E-state index in [1.807, 2.05) is 53.7 Å². The highest BCUT2D eigenvalue weighted by molar-refractivity contribution is 5.95. The van der Waals surface area contributed by atoms with Crippen molar-refractivity contribution in [3.63, 3.8) is 0 Å². The molecule has 0 saturated carbocycles. The van der Waals surface area contributed by atoms with Gasteiger partial charge in [0.15, 0.2) is 0 Å². The maximum atomic E-state index is 13.6. The van der Waals surface area contributed by atoms with Gasteiger partial charge in [0.2, 0.25) is 5.91 Å². The van der Waals surface area contributed by atoms with Gasteiger partial charge >= 0.3 is 12.1 Å². The minimum absolute atomic E-state index is 0.138. The summed E-state index contributed by atoms with van der Waals surface area (Å²) in [5, 5.41) is 10.6. The molecule has 8 nitrogen and oxygen atoms in total. The van der Waals surface area contributed by atoms with Crippen molar-refractivity contribution in [1.82, 2.24) is 20.1 Å². The normalized spacial score (nSPS) is 15.0. The lowest BCUT2D eigenvalue weighted by molar-refractivity contribution is -0.192. The molecule has 2 aliphatic rings. The molecular weight excluding hydrogens is 730 g/mol. The summed E-state index contributed by atoms with van der Waals surface area (Å²) in [6.07, 6.45) is 10.4. The number of halogens is 3. The third-order valence-electron chi connectivity index (χ3n) is 11.0. The van der Waals surface area contributed by atoms with Gasteiger partial charge < -0.3 is 20.2 Å². The van der Waals surface area contributed by atoms with Crippen molar-refractivity contribution in [2.24, 2.45) is 11.8 Å². The number of nitrogens with one attached hydrogen (secondary N) is 1. The number of alkyl halides is 3. The second-order valence-electron chi connectivity index (χ2n) is 15.2. The molecule has 3 aromatic carbocycles. The highest BCUT2D eigenvalue weighted by Crippen LogP contribution is 2.28. The number of aryl methyl sites for hydroxylation is 1. The van der Waals surface area contributed by atoms with Crippen LogP contribution in [-0.4, -0.2) is 76.6 Å². The fourth-order valence-electron chi connectivity index (χ4n) is 7.73. The molecule has 0 bridgehead atoms. The van der Waals surface area contributed by atoms with Gasteiger partial charge in [0.05, 0.1) is 0 Å². The Labute approximate surface area is 334 Å². The van der Waals surface area contributed by atoms with Crippen LogP contribution in [0.3, 0.4) is 0 Å². The van der Waals surface area contributed by atoms with E-state index >= 15 is 0 Å². The number of amides is 2. The summed E-state index contributed by atoms with van der Waals surface area (Å²) in [4.78, 5) is 44.3. The number of aliphatic carboxylic acids is 1. The maximum Gasteiger partial charge on any atom is 0.490 e. The van der Waals surface area contributed by atoms with Crippen LogP contribution in [0.4, 0.5) is 13.2 Å². The molecule has 0 atom stereocenters. The van der Waals surface area contributed by atoms with Gasteiger partial charge in [-0.05, 0) is 128 Å². The molecule has 2 N–H and O–H groups in total. The zero-order valence-corrected chi connectivity index (χ0v) is 32.6. The van der Waals surface area contributed by atoms with Crippen molar-refractivity contribution in [1.29, 1.82) is 0 Å². The minimum Gasteiger partial charge on any atom is -0.475 e. The molecule has 1 aromatic heterocycles. The average molecular weight is 785 g/mol. The Bertz CT molecular complexity index is 1840. The third-order valence-corrected chi connectivity index (χ3v) is 11.0. The number of likely N-dealkylation sites (tertiary alicyclic amines) is 1. The summed E-state index contributed by atoms with van der Waals surface area (Å²) in [5.74, 6) is -0.791. The number of hydrogen-bond donors (Lipinski definition) is 2. The lowest BCUT2D eigenvalue weighted by atomic mass is 9.87. The SMILES string of the molecule is O=C(CCCc1ccccc1)N(CCc1ccncc1)Cc1cccc(-c2cccc(C(=O)N3CCC(CCCC4CCNCC4)CC3)c2)c1.O=C(O)C(F)(F)F. The van der Waals surface area contributed by atoms with E-state index in [-0.39, 0.29) is 11.8 Å². The summed E-state index contributed by atoms with van der Waals surface area (Å²) < 4.78 is 31.7. The van der Waals surface area contributed by atoms with Crippen LogP contribution >= 0.6 is 0 Å². The highest BCUT2D eigenvalue weighted by atomic mass is 19.4. The first-order valence-electron chi connectivity index (χ1n) is 20.2. The van der Waals surface area contributed by atoms with Gasteiger partial charge in [-0.1, -0.05) is 79.9 Å². The zero-order chi connectivity index (χ0) is 40.5. The fraction of sp³-hybridized carbons (Fsp3) is 0.435. The molecule has 2 fully saturated rings. The number of carboxylic acid groups (broad SMARTS) is 1. The molecule has 0 unspecified atom stereocenters. The van der Waals surface area contributed by atoms with E-state index < -0.39 is 12.1 Å². The summed E-state index contributed by atoms with van der Waals surface area (Å²) in [5.41, 5.74) is 6.38. The van der Waals surface area contributed by atoms with E-state index in [0.717, 1.165) is 79.3 Å². The smallest absolute Gasteiger partial charge is 0.475 e. The van der Waals surface area contributed by atoms with Gasteiger partial charge in [-0.2, -0.15) is 13.2 Å². The Hall–Kier alpha value is -5.03. The van der Waals surface area contributed by atoms with Crippen molar-refractivity contribution in [2.45, 2.75) is 83.4 Å². The number of aromatic nitrogens is 1. The number of benzene rings is 3. The van der Waals surface area contributed by atoms with E-state index in [1.54, 1.807) is 0 Å². The van der Waals surface area contributed by atoms with Crippen LogP contribution < -0.4 is 5.32 Å². The van der Waals surface area contributed by atoms with Crippen LogP contribution in [-0.2, 0) is 29.0 Å². The molecule has 2 aliphatic heterocycles. The number of hydrogen-bond acceptors (Lipinski definition) is 5. The number of carbonyl (C=O) groups excluding carboxylic acids is 2. The van der Waals surface area contributed by atoms with Gasteiger partial charge in [-0.15, -0.1) is 0 Å². The quantitative estimate of drug-likeness (QED) is 0.125. The Morgan fingerprint density at radius 3 is 2.00 bits per heavy atom. The summed E-state index contributed by atoms with van der Waals surface area (Å²) >= 11 is 0. The van der Waals surface area contributed by atoms with Crippen LogP contribution in [0.1, 0.15) is 84.8 Å². The number of carboxylic acids is 1. The topological polar surface area (TPSA) is 103 Å². The van der Waals surface area contributed by atoms with E-state index in [2.05, 4.69) is 69.8 Å². The van der Waals surface area contributed by atoms with Gasteiger partial charge in [0.1, 0.15) is 0 Å². The second-order valence-corrected chi connectivity index (χ2v) is 15.2. The van der Waals surface area contributed by atoms with Gasteiger partial charge in [-0.3, -0.25) is 14.6 Å². The van der Waals surface area contributed by atoms with E-state index in [4.69, 9.17) is 9.90 Å². The van der Waals surface area contributed by atoms with E-state index in [0.29, 0.717) is 19.5 Å². The molecular formula is C46H55F3N4O4. The third kappa shape index (κ3) is 14.5. The van der Waals surface area contributed by atoms with Crippen molar-refractivity contribution in [3.8, 4) is 11.1 Å². The highest BCUT2D eigenvalue weighted by Gasteiger charge is 2.38. The average Bonchev–Trinajstić information content (AvgIpc) is 3.23. The number of nitrogens with zero attached hydrogens (tertiary/aromatic N) is 3. The van der Waals surface area contributed by atoms with Crippen molar-refractivity contribution < 1.29 is 32.7 Å². The van der Waals surface area contributed by atoms with Gasteiger partial charge in [0, 0.05) is 50.6 Å². The molecule has 304 valence electrons. The zero-order valence-electron chi connectivity index (χ0n) is 32.6. The Balaban J connectivity index is 0.000000811. The Morgan fingerprint density at radius 2 is 1.33 bits per heavy atom. The van der Waals surface area contributed by atoms with E-state index in [9.17, 15) is 22.8 Å². The van der Waals surface area contributed by atoms with Crippen molar-refractivity contribution >= 4 is 17.8 Å². The minimum atomic E-state index is -5.08. The summed E-state index contributed by atoms with van der Waals surface area (Å²) in [7, 11) is 0. The molecule has 2 saturated heterocycles. The van der Waals surface area contributed by atoms with Crippen LogP contribution in [0.25, 0.3) is 11.1 Å². The molecule has 0 aliphatic carbocycles. The molecule has 4 aromatic rings. The standard InChI is InChI=1S/C44H54N4O2.C2HF3O2/c49-43(17-6-12-35-8-2-1-3-9-35)48(31-24-38-20-27-46-28-21-38)34-39-13-5-14-40(32-39)41-15-7-16-42(33-41)44(50)47-29-22-37(23-30-47)11-4-10-36-18-25-45-26-19-36;3-2(4,5)1(6)7/h1-3,5,7-9,13-16,20-21,27-28,32-33,36-37,45H,4,6,10-12,17-19,22-26,29-31,34H2;(H,6,7). The van der Waals surface area contributed by atoms with Gasteiger partial charge in [-0.25, -0.2) is 4.79 Å². The maximum absolute atomic E-state index is 13.6. The second kappa shape index (κ2) is 22.1. The predicted molar refractivity (Wildman–Crippen MR) is 216 cm³/mol. The first kappa shape index (κ1) is 43.1. The summed E-state index contributed by atoms with van der Waals surface area (Å²) in [6.45, 7) is 5.27. The lowest BCUT2D eigenvalue weighted by Crippen LogP contribution is -2.38. The van der Waals surface area contributed by atoms with Gasteiger partial charge in [0.25, 0.3) is 5.91 Å². The number of rotatable bonds is 15. The van der Waals surface area contributed by atoms with Crippen LogP contribution in [0, 0.1) is 11.8 Å². The first-order chi connectivity index (χ1) is 27.5. The molecule has 0 spiro atoms. The van der Waals surface area contributed by atoms with E-state index in [1.165, 1.54) is 56.3 Å². The molecule has 0 radical (unpaired) electrons. The lowest BCUT2D eigenvalue weighted by Gasteiger charge is -2.32. The number of pyridine rings is 1. The van der Waals surface area contributed by atoms with Crippen LogP contribution in [0.15, 0.2) is 103 Å². The largest absolute Gasteiger partial charge is 0.490 e. The molecule has 2 amide bonds. The Morgan fingerprint density at radius 1 is 0.737 bits per heavy atom. The molecule has 6 rings (SSSR count).